The van der Waals surface area contributed by atoms with Crippen LogP contribution in [0.1, 0.15) is 71.1 Å². The summed E-state index contributed by atoms with van der Waals surface area (Å²) in [5.41, 5.74) is 0.962. The Morgan fingerprint density at radius 3 is 1.43 bits per heavy atom. The fourth-order valence-electron chi connectivity index (χ4n) is 5.11. The van der Waals surface area contributed by atoms with Crippen LogP contribution in [0, 0.1) is 6.92 Å². The van der Waals surface area contributed by atoms with Gasteiger partial charge in [0.15, 0.2) is 21.5 Å². The lowest BCUT2D eigenvalue weighted by Gasteiger charge is -2.21. The van der Waals surface area contributed by atoms with E-state index in [1.165, 1.54) is 33.9 Å². The second-order valence-corrected chi connectivity index (χ2v) is 17.8. The van der Waals surface area contributed by atoms with Crippen LogP contribution in [0.15, 0.2) is 99.7 Å². The smallest absolute Gasteiger partial charge is 0.296 e. The summed E-state index contributed by atoms with van der Waals surface area (Å²) in [5, 5.41) is 8.27. The van der Waals surface area contributed by atoms with Gasteiger partial charge in [-0.25, -0.2) is 9.36 Å². The van der Waals surface area contributed by atoms with Crippen molar-refractivity contribution >= 4 is 33.3 Å². The van der Waals surface area contributed by atoms with E-state index in [-0.39, 0.29) is 51.8 Å². The van der Waals surface area contributed by atoms with Crippen molar-refractivity contribution in [3.63, 3.8) is 0 Å². The van der Waals surface area contributed by atoms with Crippen molar-refractivity contribution < 1.29 is 35.9 Å². The first kappa shape index (κ1) is 47.7. The van der Waals surface area contributed by atoms with E-state index < -0.39 is 33.4 Å². The number of hydrogen-bond acceptors (Lipinski definition) is 11. The zero-order chi connectivity index (χ0) is 44.1. The first-order valence-corrected chi connectivity index (χ1v) is 21.2. The number of rotatable bonds is 17. The van der Waals surface area contributed by atoms with Gasteiger partial charge in [0.05, 0.1) is 54.9 Å². The van der Waals surface area contributed by atoms with Crippen LogP contribution < -0.4 is 30.1 Å². The average molecular weight is 890 g/mol. The summed E-state index contributed by atoms with van der Waals surface area (Å²) in [6.45, 7) is 13.8. The quantitative estimate of drug-likeness (QED) is 0.0652. The maximum atomic E-state index is 12.4. The van der Waals surface area contributed by atoms with Crippen molar-refractivity contribution in [2.45, 2.75) is 90.5 Å². The Balaban J connectivity index is 0.000000280. The molecule has 0 bridgehead atoms. The van der Waals surface area contributed by atoms with E-state index in [1.807, 2.05) is 72.7 Å². The normalized spacial score (nSPS) is 11.7. The molecule has 0 saturated heterocycles. The number of ether oxygens (including phenoxy) is 4. The van der Waals surface area contributed by atoms with Gasteiger partial charge < -0.3 is 18.9 Å². The third-order valence-corrected chi connectivity index (χ3v) is 10.4. The fourth-order valence-corrected chi connectivity index (χ4v) is 6.42. The first-order chi connectivity index (χ1) is 28.3. The molecule has 0 saturated carbocycles. The number of alkyl halides is 1. The molecular weight excluding hydrogens is 838 g/mol. The molecule has 0 N–H and O–H groups in total. The van der Waals surface area contributed by atoms with E-state index in [9.17, 15) is 22.4 Å². The molecule has 0 atom stereocenters. The summed E-state index contributed by atoms with van der Waals surface area (Å²) in [6, 6.07) is 20.9. The molecule has 0 amide bonds. The number of hydrogen-bond donors (Lipinski definition) is 0. The summed E-state index contributed by atoms with van der Waals surface area (Å²) < 4.78 is 66.4. The number of halogens is 3. The molecule has 0 spiro atoms. The molecule has 0 aliphatic heterocycles. The van der Waals surface area contributed by atoms with Crippen LogP contribution in [0.2, 0.25) is 10.0 Å². The molecule has 2 aromatic heterocycles. The molecule has 0 unspecified atom stereocenters. The lowest BCUT2D eigenvalue weighted by Crippen LogP contribution is -2.36. The van der Waals surface area contributed by atoms with Crippen molar-refractivity contribution in [1.82, 2.24) is 19.6 Å². The lowest BCUT2D eigenvalue weighted by molar-refractivity contribution is 0.250. The molecule has 5 rings (SSSR count). The zero-order valence-electron chi connectivity index (χ0n) is 34.7. The monoisotopic (exact) mass is 888 g/mol. The van der Waals surface area contributed by atoms with Gasteiger partial charge in [-0.05, 0) is 96.0 Å². The fraction of sp³-hybridized carbons (Fsp3) is 0.395. The molecule has 2 heterocycles. The summed E-state index contributed by atoms with van der Waals surface area (Å²) >= 11 is 12.3. The second-order valence-electron chi connectivity index (χ2n) is 15.5. The van der Waals surface area contributed by atoms with Gasteiger partial charge >= 0.3 is 0 Å². The molecule has 0 radical (unpaired) electrons. The first-order valence-electron chi connectivity index (χ1n) is 19.1. The Morgan fingerprint density at radius 1 is 0.617 bits per heavy atom. The van der Waals surface area contributed by atoms with Gasteiger partial charge in [0.25, 0.3) is 21.2 Å². The van der Waals surface area contributed by atoms with E-state index in [0.29, 0.717) is 37.6 Å². The van der Waals surface area contributed by atoms with E-state index in [2.05, 4.69) is 10.2 Å². The largest absolute Gasteiger partial charge is 0.494 e. The number of nitrogens with zero attached hydrogens (tertiary/aromatic N) is 4. The van der Waals surface area contributed by atoms with Crippen LogP contribution in [0.25, 0.3) is 0 Å². The standard InChI is InChI=1S/C25H29ClN2O6S.C18H22ClFN2O3/c1-18-6-12-21(13-7-18)35(30,31)34-15-5-14-32-20-10-8-19(9-11-20)17-33-22-16-27-28(25(2,3)4)24(29)23(22)26;1-18(2,3)22-17(23)16(19)15(11-21-22)25-12-13-5-7-14(8-6-13)24-10-4-9-20/h6-13,16H,5,14-15,17H2,1-4H3;5-8,11H,4,9-10,12H2,1-3H3. The molecule has 60 heavy (non-hydrogen) atoms. The van der Waals surface area contributed by atoms with Crippen LogP contribution in [0.5, 0.6) is 23.0 Å². The minimum Gasteiger partial charge on any atom is -0.494 e. The molecule has 0 aliphatic carbocycles. The van der Waals surface area contributed by atoms with Crippen LogP contribution in [-0.4, -0.2) is 54.5 Å². The van der Waals surface area contributed by atoms with Crippen LogP contribution in [0.4, 0.5) is 4.39 Å². The molecule has 13 nitrogen and oxygen atoms in total. The molecule has 5 aromatic rings. The Hall–Kier alpha value is -4.96. The van der Waals surface area contributed by atoms with Crippen molar-refractivity contribution in [2.24, 2.45) is 0 Å². The van der Waals surface area contributed by atoms with Crippen LogP contribution in [-0.2, 0) is 38.6 Å². The number of aromatic nitrogens is 4. The van der Waals surface area contributed by atoms with Gasteiger partial charge in [0.2, 0.25) is 0 Å². The highest BCUT2D eigenvalue weighted by Gasteiger charge is 2.21. The minimum atomic E-state index is -3.78. The third kappa shape index (κ3) is 14.1. The summed E-state index contributed by atoms with van der Waals surface area (Å²) in [5.74, 6) is 1.76. The Bertz CT molecular complexity index is 2380. The molecule has 17 heteroatoms. The van der Waals surface area contributed by atoms with Crippen molar-refractivity contribution in [2.75, 3.05) is 26.5 Å². The number of aryl methyl sites for hydroxylation is 1. The Kier molecular flexibility index (Phi) is 17.1. The van der Waals surface area contributed by atoms with E-state index in [0.717, 1.165) is 16.7 Å². The predicted octanol–water partition coefficient (Wildman–Crippen LogP) is 8.68. The van der Waals surface area contributed by atoms with Crippen molar-refractivity contribution in [3.05, 3.63) is 133 Å². The zero-order valence-corrected chi connectivity index (χ0v) is 37.1. The third-order valence-electron chi connectivity index (χ3n) is 8.33. The van der Waals surface area contributed by atoms with Gasteiger partial charge in [-0.3, -0.25) is 18.2 Å². The topological polar surface area (TPSA) is 150 Å². The summed E-state index contributed by atoms with van der Waals surface area (Å²) in [4.78, 5) is 24.8. The van der Waals surface area contributed by atoms with Gasteiger partial charge in [-0.1, -0.05) is 65.2 Å². The van der Waals surface area contributed by atoms with Crippen molar-refractivity contribution in [1.29, 1.82) is 0 Å². The maximum absolute atomic E-state index is 12.4. The van der Waals surface area contributed by atoms with E-state index in [4.69, 9.17) is 46.3 Å². The second kappa shape index (κ2) is 21.5. The van der Waals surface area contributed by atoms with E-state index in [1.54, 1.807) is 36.4 Å². The average Bonchev–Trinajstić information content (AvgIpc) is 3.19. The summed E-state index contributed by atoms with van der Waals surface area (Å²) in [6.07, 6.45) is 3.66. The lowest BCUT2D eigenvalue weighted by atomic mass is 10.1. The molecule has 0 fully saturated rings. The molecule has 324 valence electrons. The van der Waals surface area contributed by atoms with Gasteiger partial charge in [0, 0.05) is 12.8 Å². The van der Waals surface area contributed by atoms with Crippen LogP contribution >= 0.6 is 23.2 Å². The van der Waals surface area contributed by atoms with Crippen LogP contribution in [0.3, 0.4) is 0 Å². The molecule has 3 aromatic carbocycles. The summed E-state index contributed by atoms with van der Waals surface area (Å²) in [7, 11) is -3.78. The maximum Gasteiger partial charge on any atom is 0.296 e. The highest BCUT2D eigenvalue weighted by Crippen LogP contribution is 2.24. The van der Waals surface area contributed by atoms with Gasteiger partial charge in [-0.15, -0.1) is 0 Å². The highest BCUT2D eigenvalue weighted by molar-refractivity contribution is 7.86. The Morgan fingerprint density at radius 2 is 1.03 bits per heavy atom. The minimum absolute atomic E-state index is 0.0103. The predicted molar refractivity (Wildman–Crippen MR) is 229 cm³/mol. The SMILES string of the molecule is CC(C)(C)n1ncc(OCc2ccc(OCCCF)cc2)c(Cl)c1=O.Cc1ccc(S(=O)(=O)OCCCOc2ccc(COc3cnn(C(C)(C)C)c(=O)c3Cl)cc2)cc1. The van der Waals surface area contributed by atoms with Gasteiger partial charge in [0.1, 0.15) is 24.7 Å². The molecular formula is C43H51Cl2FN4O9S. The molecule has 0 aliphatic rings. The Labute approximate surface area is 360 Å². The van der Waals surface area contributed by atoms with Gasteiger partial charge in [-0.2, -0.15) is 18.6 Å². The van der Waals surface area contributed by atoms with E-state index >= 15 is 0 Å². The van der Waals surface area contributed by atoms with Crippen molar-refractivity contribution in [3.8, 4) is 23.0 Å². The number of benzene rings is 3. The highest BCUT2D eigenvalue weighted by atomic mass is 35.5.